The fourth-order valence-electron chi connectivity index (χ4n) is 4.23. The first kappa shape index (κ1) is 25.7. The van der Waals surface area contributed by atoms with E-state index in [0.29, 0.717) is 24.5 Å². The van der Waals surface area contributed by atoms with Gasteiger partial charge >= 0.3 is 0 Å². The summed E-state index contributed by atoms with van der Waals surface area (Å²) < 4.78 is 30.3. The predicted molar refractivity (Wildman–Crippen MR) is 135 cm³/mol. The minimum Gasteiger partial charge on any atom is -0.497 e. The van der Waals surface area contributed by atoms with E-state index in [-0.39, 0.29) is 43.3 Å². The van der Waals surface area contributed by atoms with Gasteiger partial charge in [0.05, 0.1) is 19.8 Å². The molecule has 4 rings (SSSR count). The first-order valence-corrected chi connectivity index (χ1v) is 12.5. The molecule has 0 saturated heterocycles. The molecule has 1 atom stereocenters. The molecule has 0 unspecified atom stereocenters. The number of benzene rings is 2. The Morgan fingerprint density at radius 3 is 2.61 bits per heavy atom. The third kappa shape index (κ3) is 5.85. The van der Waals surface area contributed by atoms with E-state index >= 15 is 0 Å². The van der Waals surface area contributed by atoms with Crippen LogP contribution in [-0.4, -0.2) is 68.7 Å². The maximum atomic E-state index is 14.2. The van der Waals surface area contributed by atoms with E-state index in [1.165, 1.54) is 15.8 Å². The number of hydrogen-bond acceptors (Lipinski definition) is 6. The summed E-state index contributed by atoms with van der Waals surface area (Å²) in [6.45, 7) is 1.06. The normalized spacial score (nSPS) is 14.8. The van der Waals surface area contributed by atoms with Crippen LogP contribution in [-0.2, 0) is 16.0 Å². The van der Waals surface area contributed by atoms with Crippen LogP contribution < -0.4 is 9.47 Å². The molecule has 2 amide bonds. The summed E-state index contributed by atoms with van der Waals surface area (Å²) in [4.78, 5) is 31.2. The maximum Gasteiger partial charge on any atom is 0.254 e. The van der Waals surface area contributed by atoms with Gasteiger partial charge in [-0.25, -0.2) is 4.39 Å². The van der Waals surface area contributed by atoms with E-state index in [0.717, 1.165) is 12.0 Å². The van der Waals surface area contributed by atoms with Gasteiger partial charge in [0, 0.05) is 30.6 Å². The standard InChI is InChI=1S/C27H29FN2O5S/c1-33-15-14-29(27(32)19-7-9-20(34-2)10-8-19)17-26(31)30-13-11-25-21(12-16-36-25)23(30)18-35-24-6-4-3-5-22(24)28/h3-10,12,16,23H,11,13-15,17-18H2,1-2H3/t23-/m1/s1. The second-order valence-electron chi connectivity index (χ2n) is 8.34. The summed E-state index contributed by atoms with van der Waals surface area (Å²) in [6, 6.07) is 14.6. The van der Waals surface area contributed by atoms with Crippen LogP contribution in [0.2, 0.25) is 0 Å². The third-order valence-electron chi connectivity index (χ3n) is 6.16. The van der Waals surface area contributed by atoms with Crippen LogP contribution in [0.1, 0.15) is 26.8 Å². The van der Waals surface area contributed by atoms with Crippen LogP contribution in [0, 0.1) is 5.82 Å². The Hall–Kier alpha value is -3.43. The van der Waals surface area contributed by atoms with Crippen LogP contribution in [0.4, 0.5) is 4.39 Å². The van der Waals surface area contributed by atoms with Crippen molar-refractivity contribution >= 4 is 23.2 Å². The number of para-hydroxylation sites is 1. The van der Waals surface area contributed by atoms with Gasteiger partial charge in [-0.05, 0) is 59.8 Å². The van der Waals surface area contributed by atoms with Crippen LogP contribution >= 0.6 is 11.3 Å². The number of ether oxygens (including phenoxy) is 3. The molecule has 7 nitrogen and oxygen atoms in total. The van der Waals surface area contributed by atoms with E-state index < -0.39 is 5.82 Å². The molecule has 36 heavy (non-hydrogen) atoms. The number of carbonyl (C=O) groups is 2. The van der Waals surface area contributed by atoms with Gasteiger partial charge < -0.3 is 24.0 Å². The minimum atomic E-state index is -0.451. The van der Waals surface area contributed by atoms with Gasteiger partial charge in [0.2, 0.25) is 5.91 Å². The molecule has 0 spiro atoms. The Morgan fingerprint density at radius 1 is 1.11 bits per heavy atom. The lowest BCUT2D eigenvalue weighted by Gasteiger charge is -2.37. The number of amides is 2. The molecule has 0 aliphatic carbocycles. The van der Waals surface area contributed by atoms with Crippen molar-refractivity contribution in [2.45, 2.75) is 12.5 Å². The van der Waals surface area contributed by atoms with Gasteiger partial charge in [0.1, 0.15) is 18.9 Å². The summed E-state index contributed by atoms with van der Waals surface area (Å²) in [6.07, 6.45) is 0.722. The zero-order chi connectivity index (χ0) is 25.5. The predicted octanol–water partition coefficient (Wildman–Crippen LogP) is 4.19. The summed E-state index contributed by atoms with van der Waals surface area (Å²) in [5.74, 6) is -0.137. The monoisotopic (exact) mass is 512 g/mol. The van der Waals surface area contributed by atoms with E-state index in [1.54, 1.807) is 72.9 Å². The molecule has 1 aliphatic rings. The van der Waals surface area contributed by atoms with Gasteiger partial charge in [-0.3, -0.25) is 9.59 Å². The van der Waals surface area contributed by atoms with Crippen molar-refractivity contribution in [2.24, 2.45) is 0 Å². The smallest absolute Gasteiger partial charge is 0.254 e. The molecule has 0 fully saturated rings. The molecule has 190 valence electrons. The molecule has 0 N–H and O–H groups in total. The van der Waals surface area contributed by atoms with E-state index in [2.05, 4.69) is 0 Å². The number of rotatable bonds is 10. The fourth-order valence-corrected chi connectivity index (χ4v) is 5.16. The Kier molecular flexibility index (Phi) is 8.56. The molecule has 0 saturated carbocycles. The quantitative estimate of drug-likeness (QED) is 0.408. The lowest BCUT2D eigenvalue weighted by Crippen LogP contribution is -2.48. The Morgan fingerprint density at radius 2 is 1.89 bits per heavy atom. The zero-order valence-corrected chi connectivity index (χ0v) is 21.1. The molecule has 0 bridgehead atoms. The minimum absolute atomic E-state index is 0.107. The topological polar surface area (TPSA) is 68.3 Å². The van der Waals surface area contributed by atoms with Crippen molar-refractivity contribution < 1.29 is 28.2 Å². The Bertz CT molecular complexity index is 1180. The van der Waals surface area contributed by atoms with Crippen molar-refractivity contribution in [3.05, 3.63) is 81.8 Å². The number of carbonyl (C=O) groups excluding carboxylic acids is 2. The largest absolute Gasteiger partial charge is 0.497 e. The van der Waals surface area contributed by atoms with Crippen LogP contribution in [0.3, 0.4) is 0 Å². The summed E-state index contributed by atoms with van der Waals surface area (Å²) in [7, 11) is 3.11. The van der Waals surface area contributed by atoms with Crippen molar-refractivity contribution in [1.29, 1.82) is 0 Å². The summed E-state index contributed by atoms with van der Waals surface area (Å²) in [5, 5.41) is 1.99. The number of halogens is 1. The van der Waals surface area contributed by atoms with Gasteiger partial charge in [-0.2, -0.15) is 0 Å². The van der Waals surface area contributed by atoms with Crippen molar-refractivity contribution in [2.75, 3.05) is 47.1 Å². The molecule has 9 heteroatoms. The Labute approximate surface area is 214 Å². The number of thiophene rings is 1. The van der Waals surface area contributed by atoms with E-state index in [1.807, 2.05) is 11.4 Å². The highest BCUT2D eigenvalue weighted by atomic mass is 32.1. The average Bonchev–Trinajstić information content (AvgIpc) is 3.39. The second kappa shape index (κ2) is 12.0. The maximum absolute atomic E-state index is 14.2. The molecule has 2 heterocycles. The van der Waals surface area contributed by atoms with Crippen molar-refractivity contribution in [1.82, 2.24) is 9.80 Å². The van der Waals surface area contributed by atoms with Crippen molar-refractivity contribution in [3.8, 4) is 11.5 Å². The second-order valence-corrected chi connectivity index (χ2v) is 9.34. The Balaban J connectivity index is 1.52. The number of hydrogen-bond donors (Lipinski definition) is 0. The zero-order valence-electron chi connectivity index (χ0n) is 20.3. The fraction of sp³-hybridized carbons (Fsp3) is 0.333. The van der Waals surface area contributed by atoms with Gasteiger partial charge in [-0.1, -0.05) is 12.1 Å². The lowest BCUT2D eigenvalue weighted by molar-refractivity contribution is -0.135. The lowest BCUT2D eigenvalue weighted by atomic mass is 10.0. The summed E-state index contributed by atoms with van der Waals surface area (Å²) in [5.41, 5.74) is 1.46. The van der Waals surface area contributed by atoms with Crippen molar-refractivity contribution in [3.63, 3.8) is 0 Å². The number of nitrogens with zero attached hydrogens (tertiary/aromatic N) is 2. The first-order valence-electron chi connectivity index (χ1n) is 11.7. The summed E-state index contributed by atoms with van der Waals surface area (Å²) >= 11 is 1.64. The molecule has 0 radical (unpaired) electrons. The van der Waals surface area contributed by atoms with Gasteiger partial charge in [0.15, 0.2) is 11.6 Å². The molecule has 1 aromatic heterocycles. The highest BCUT2D eigenvalue weighted by molar-refractivity contribution is 7.10. The SMILES string of the molecule is COCCN(CC(=O)N1CCc2sccc2[C@H]1COc1ccccc1F)C(=O)c1ccc(OC)cc1. The number of fused-ring (bicyclic) bond motifs is 1. The van der Waals surface area contributed by atoms with E-state index in [9.17, 15) is 14.0 Å². The van der Waals surface area contributed by atoms with Crippen LogP contribution in [0.25, 0.3) is 0 Å². The van der Waals surface area contributed by atoms with Crippen LogP contribution in [0.15, 0.2) is 60.0 Å². The third-order valence-corrected chi connectivity index (χ3v) is 7.16. The molecule has 2 aromatic carbocycles. The molecule has 1 aliphatic heterocycles. The van der Waals surface area contributed by atoms with Crippen LogP contribution in [0.5, 0.6) is 11.5 Å². The first-order chi connectivity index (χ1) is 17.5. The van der Waals surface area contributed by atoms with Gasteiger partial charge in [-0.15, -0.1) is 11.3 Å². The highest BCUT2D eigenvalue weighted by Gasteiger charge is 2.33. The molecular formula is C27H29FN2O5S. The van der Waals surface area contributed by atoms with E-state index in [4.69, 9.17) is 14.2 Å². The highest BCUT2D eigenvalue weighted by Crippen LogP contribution is 2.34. The average molecular weight is 513 g/mol. The molecular weight excluding hydrogens is 483 g/mol. The van der Waals surface area contributed by atoms with Gasteiger partial charge in [0.25, 0.3) is 5.91 Å². The molecule has 3 aromatic rings. The number of methoxy groups -OCH3 is 2.